The van der Waals surface area contributed by atoms with Crippen LogP contribution in [0.5, 0.6) is 0 Å². The Morgan fingerprint density at radius 1 is 1.35 bits per heavy atom. The number of primary amides is 1. The number of hydrogen-bond donors (Lipinski definition) is 3. The zero-order chi connectivity index (χ0) is 15.3. The van der Waals surface area contributed by atoms with Gasteiger partial charge in [-0.2, -0.15) is 4.72 Å². The average Bonchev–Trinajstić information content (AvgIpc) is 2.38. The van der Waals surface area contributed by atoms with Crippen LogP contribution < -0.4 is 10.5 Å². The van der Waals surface area contributed by atoms with Gasteiger partial charge in [-0.3, -0.25) is 9.59 Å². The van der Waals surface area contributed by atoms with Gasteiger partial charge in [0.05, 0.1) is 11.5 Å². The Labute approximate surface area is 115 Å². The van der Waals surface area contributed by atoms with E-state index in [9.17, 15) is 18.0 Å². The number of carboxylic acids is 1. The topological polar surface area (TPSA) is 136 Å². The molecule has 0 aliphatic rings. The summed E-state index contributed by atoms with van der Waals surface area (Å²) in [5.41, 5.74) is 5.18. The largest absolute Gasteiger partial charge is 0.480 e. The van der Waals surface area contributed by atoms with Crippen LogP contribution in [0, 0.1) is 0 Å². The zero-order valence-electron chi connectivity index (χ0n) is 10.6. The van der Waals surface area contributed by atoms with E-state index >= 15 is 0 Å². The molecule has 0 saturated carbocycles. The van der Waals surface area contributed by atoms with Gasteiger partial charge in [0, 0.05) is 12.7 Å². The van der Waals surface area contributed by atoms with E-state index in [1.807, 2.05) is 4.72 Å². The molecule has 1 rings (SSSR count). The summed E-state index contributed by atoms with van der Waals surface area (Å²) in [5, 5.41) is 8.86. The number of amides is 1. The number of benzene rings is 1. The minimum absolute atomic E-state index is 0.149. The number of nitrogens with one attached hydrogen (secondary N) is 1. The molecule has 1 atom stereocenters. The summed E-state index contributed by atoms with van der Waals surface area (Å²) in [7, 11) is -2.78. The third kappa shape index (κ3) is 4.02. The smallest absolute Gasteiger partial charge is 0.324 e. The molecule has 1 aromatic carbocycles. The van der Waals surface area contributed by atoms with Gasteiger partial charge in [0.15, 0.2) is 0 Å². The van der Waals surface area contributed by atoms with Crippen LogP contribution in [0.25, 0.3) is 0 Å². The molecule has 0 spiro atoms. The summed E-state index contributed by atoms with van der Waals surface area (Å²) in [6.45, 7) is -0.312. The number of hydrogen-bond acceptors (Lipinski definition) is 5. The molecule has 1 unspecified atom stereocenters. The van der Waals surface area contributed by atoms with Crippen molar-refractivity contribution in [3.63, 3.8) is 0 Å². The second-order valence-corrected chi connectivity index (χ2v) is 5.57. The Morgan fingerprint density at radius 2 is 1.90 bits per heavy atom. The second-order valence-electron chi connectivity index (χ2n) is 3.86. The van der Waals surface area contributed by atoms with E-state index in [2.05, 4.69) is 4.74 Å². The van der Waals surface area contributed by atoms with Crippen LogP contribution in [0.15, 0.2) is 29.2 Å². The van der Waals surface area contributed by atoms with Gasteiger partial charge in [-0.15, -0.1) is 0 Å². The molecule has 0 fully saturated rings. The van der Waals surface area contributed by atoms with Crippen LogP contribution in [0.3, 0.4) is 0 Å². The molecule has 9 heteroatoms. The van der Waals surface area contributed by atoms with Crippen LogP contribution in [-0.2, 0) is 19.6 Å². The predicted octanol–water partition coefficient (Wildman–Crippen LogP) is -0.837. The van der Waals surface area contributed by atoms with Crippen molar-refractivity contribution >= 4 is 21.9 Å². The number of ether oxygens (including phenoxy) is 1. The average molecular weight is 302 g/mol. The van der Waals surface area contributed by atoms with Gasteiger partial charge >= 0.3 is 5.97 Å². The molecule has 1 amide bonds. The second kappa shape index (κ2) is 6.46. The molecule has 0 bridgehead atoms. The van der Waals surface area contributed by atoms with Crippen molar-refractivity contribution < 1.29 is 27.9 Å². The van der Waals surface area contributed by atoms with Crippen LogP contribution in [0.4, 0.5) is 0 Å². The fraction of sp³-hybridized carbons (Fsp3) is 0.273. The van der Waals surface area contributed by atoms with Crippen molar-refractivity contribution in [2.75, 3.05) is 13.7 Å². The van der Waals surface area contributed by atoms with Gasteiger partial charge in [0.1, 0.15) is 6.04 Å². The minimum atomic E-state index is -4.03. The normalized spacial score (nSPS) is 12.8. The molecule has 110 valence electrons. The summed E-state index contributed by atoms with van der Waals surface area (Å²) >= 11 is 0. The van der Waals surface area contributed by atoms with Gasteiger partial charge in [0.25, 0.3) is 0 Å². The van der Waals surface area contributed by atoms with E-state index in [0.717, 1.165) is 12.1 Å². The van der Waals surface area contributed by atoms with Crippen molar-refractivity contribution in [3.8, 4) is 0 Å². The fourth-order valence-electron chi connectivity index (χ4n) is 1.38. The first-order valence-corrected chi connectivity index (χ1v) is 6.90. The summed E-state index contributed by atoms with van der Waals surface area (Å²) in [5.74, 6) is -2.05. The Balaban J connectivity index is 2.98. The zero-order valence-corrected chi connectivity index (χ0v) is 11.4. The Bertz CT molecular complexity index is 596. The third-order valence-electron chi connectivity index (χ3n) is 2.38. The molecule has 0 aliphatic carbocycles. The highest BCUT2D eigenvalue weighted by Crippen LogP contribution is 2.11. The number of methoxy groups -OCH3 is 1. The van der Waals surface area contributed by atoms with Gasteiger partial charge in [0.2, 0.25) is 15.9 Å². The molecule has 0 radical (unpaired) electrons. The van der Waals surface area contributed by atoms with Gasteiger partial charge < -0.3 is 15.6 Å². The number of sulfonamides is 1. The standard InChI is InChI=1S/C11H14N2O6S/c1-19-6-9(11(15)16)13-20(17,18)8-4-2-7(3-5-8)10(12)14/h2-5,9,13H,6H2,1H3,(H2,12,14)(H,15,16). The van der Waals surface area contributed by atoms with Crippen LogP contribution in [0.1, 0.15) is 10.4 Å². The van der Waals surface area contributed by atoms with E-state index in [1.165, 1.54) is 19.2 Å². The van der Waals surface area contributed by atoms with Crippen molar-refractivity contribution in [3.05, 3.63) is 29.8 Å². The highest BCUT2D eigenvalue weighted by Gasteiger charge is 2.25. The lowest BCUT2D eigenvalue weighted by molar-refractivity contribution is -0.140. The maximum atomic E-state index is 12.0. The maximum absolute atomic E-state index is 12.0. The molecule has 20 heavy (non-hydrogen) atoms. The minimum Gasteiger partial charge on any atom is -0.480 e. The van der Waals surface area contributed by atoms with Crippen molar-refractivity contribution in [1.82, 2.24) is 4.72 Å². The summed E-state index contributed by atoms with van der Waals surface area (Å²) in [6.07, 6.45) is 0. The van der Waals surface area contributed by atoms with Gasteiger partial charge in [-0.05, 0) is 24.3 Å². The molecular weight excluding hydrogens is 288 g/mol. The molecule has 1 aromatic rings. The summed E-state index contributed by atoms with van der Waals surface area (Å²) in [6, 6.07) is 3.40. The third-order valence-corrected chi connectivity index (χ3v) is 3.87. The SMILES string of the molecule is COCC(NS(=O)(=O)c1ccc(C(N)=O)cc1)C(=O)O. The first-order chi connectivity index (χ1) is 9.27. The molecule has 0 aliphatic heterocycles. The van der Waals surface area contributed by atoms with Crippen LogP contribution in [-0.4, -0.2) is 45.2 Å². The van der Waals surface area contributed by atoms with Crippen molar-refractivity contribution in [1.29, 1.82) is 0 Å². The van der Waals surface area contributed by atoms with E-state index in [-0.39, 0.29) is 17.1 Å². The number of carboxylic acid groups (broad SMARTS) is 1. The van der Waals surface area contributed by atoms with Crippen LogP contribution >= 0.6 is 0 Å². The Morgan fingerprint density at radius 3 is 2.30 bits per heavy atom. The van der Waals surface area contributed by atoms with E-state index in [4.69, 9.17) is 10.8 Å². The highest BCUT2D eigenvalue weighted by atomic mass is 32.2. The number of carbonyl (C=O) groups is 2. The van der Waals surface area contributed by atoms with Gasteiger partial charge in [-0.1, -0.05) is 0 Å². The molecule has 4 N–H and O–H groups in total. The maximum Gasteiger partial charge on any atom is 0.324 e. The summed E-state index contributed by atoms with van der Waals surface area (Å²) in [4.78, 5) is 21.6. The summed E-state index contributed by atoms with van der Waals surface area (Å²) < 4.78 is 30.5. The fourth-order valence-corrected chi connectivity index (χ4v) is 2.55. The van der Waals surface area contributed by atoms with E-state index in [0.29, 0.717) is 0 Å². The lowest BCUT2D eigenvalue weighted by atomic mass is 10.2. The number of rotatable bonds is 7. The first kappa shape index (κ1) is 16.1. The van der Waals surface area contributed by atoms with E-state index < -0.39 is 27.9 Å². The molecule has 0 heterocycles. The van der Waals surface area contributed by atoms with Crippen LogP contribution in [0.2, 0.25) is 0 Å². The molecular formula is C11H14N2O6S. The predicted molar refractivity (Wildman–Crippen MR) is 68.6 cm³/mol. The van der Waals surface area contributed by atoms with Crippen molar-refractivity contribution in [2.24, 2.45) is 5.73 Å². The number of carbonyl (C=O) groups excluding carboxylic acids is 1. The van der Waals surface area contributed by atoms with Gasteiger partial charge in [-0.25, -0.2) is 8.42 Å². The number of nitrogens with two attached hydrogens (primary N) is 1. The molecule has 8 nitrogen and oxygen atoms in total. The Hall–Kier alpha value is -1.97. The Kier molecular flexibility index (Phi) is 5.19. The lowest BCUT2D eigenvalue weighted by Gasteiger charge is -2.13. The lowest BCUT2D eigenvalue weighted by Crippen LogP contribution is -2.43. The first-order valence-electron chi connectivity index (χ1n) is 5.42. The quantitative estimate of drug-likeness (QED) is 0.601. The molecule has 0 aromatic heterocycles. The van der Waals surface area contributed by atoms with E-state index in [1.54, 1.807) is 0 Å². The highest BCUT2D eigenvalue weighted by molar-refractivity contribution is 7.89. The van der Waals surface area contributed by atoms with Crippen molar-refractivity contribution in [2.45, 2.75) is 10.9 Å². The molecule has 0 saturated heterocycles. The number of aliphatic carboxylic acids is 1. The monoisotopic (exact) mass is 302 g/mol.